The van der Waals surface area contributed by atoms with Gasteiger partial charge < -0.3 is 24.8 Å². The summed E-state index contributed by atoms with van der Waals surface area (Å²) in [7, 11) is 0. The van der Waals surface area contributed by atoms with Gasteiger partial charge in [-0.2, -0.15) is 35.9 Å². The average Bonchev–Trinajstić information content (AvgIpc) is 3.84. The minimum atomic E-state index is 0. The van der Waals surface area contributed by atoms with E-state index in [0.29, 0.717) is 0 Å². The molecule has 0 amide bonds. The van der Waals surface area contributed by atoms with Crippen molar-refractivity contribution in [2.24, 2.45) is 0 Å². The van der Waals surface area contributed by atoms with E-state index in [1.807, 2.05) is 30.3 Å². The zero-order valence-corrected chi connectivity index (χ0v) is 41.8. The van der Waals surface area contributed by atoms with Crippen LogP contribution in [0.3, 0.4) is 0 Å². The Morgan fingerprint density at radius 1 is 0.483 bits per heavy atom. The maximum Gasteiger partial charge on any atom is -0.172 e. The van der Waals surface area contributed by atoms with Gasteiger partial charge in [-0.15, -0.1) is 16.7 Å². The van der Waals surface area contributed by atoms with Gasteiger partial charge in [0.05, 0.1) is 0 Å². The van der Waals surface area contributed by atoms with Crippen molar-refractivity contribution in [2.75, 3.05) is 0 Å². The van der Waals surface area contributed by atoms with Crippen LogP contribution in [0.15, 0.2) is 133 Å². The maximum absolute atomic E-state index is 3.90. The Kier molecular flexibility index (Phi) is 15.0. The van der Waals surface area contributed by atoms with Crippen molar-refractivity contribution in [3.8, 4) is 11.1 Å². The van der Waals surface area contributed by atoms with E-state index in [4.69, 9.17) is 0 Å². The molecule has 58 heavy (non-hydrogen) atoms. The van der Waals surface area contributed by atoms with E-state index >= 15 is 0 Å². The van der Waals surface area contributed by atoms with Crippen LogP contribution in [0.4, 0.5) is 0 Å². The summed E-state index contributed by atoms with van der Waals surface area (Å²) in [6.07, 6.45) is 1.01. The molecule has 0 N–H and O–H groups in total. The first-order valence-corrected chi connectivity index (χ1v) is 22.0. The second-order valence-corrected chi connectivity index (χ2v) is 21.4. The van der Waals surface area contributed by atoms with Gasteiger partial charge in [0.25, 0.3) is 0 Å². The van der Waals surface area contributed by atoms with E-state index in [2.05, 4.69) is 192 Å². The Morgan fingerprint density at radius 2 is 0.914 bits per heavy atom. The molecule has 0 aromatic heterocycles. The zero-order chi connectivity index (χ0) is 40.6. The van der Waals surface area contributed by atoms with Gasteiger partial charge in [0, 0.05) is 0 Å². The average molecular weight is 970 g/mol. The van der Waals surface area contributed by atoms with Crippen molar-refractivity contribution in [3.63, 3.8) is 0 Å². The molecular weight excluding hydrogens is 910 g/mol. The Labute approximate surface area is 377 Å². The van der Waals surface area contributed by atoms with Crippen LogP contribution in [-0.4, -0.2) is 3.26 Å². The van der Waals surface area contributed by atoms with Gasteiger partial charge in [-0.1, -0.05) is 106 Å². The van der Waals surface area contributed by atoms with E-state index in [0.717, 1.165) is 30.3 Å². The normalized spacial score (nSPS) is 12.2. The van der Waals surface area contributed by atoms with Crippen LogP contribution in [0.5, 0.6) is 0 Å². The van der Waals surface area contributed by atoms with Crippen LogP contribution in [0.25, 0.3) is 32.7 Å². The standard InChI is InChI=1S/C29H41.C21H14.C5H5.2ClH.Hf/c1-26(2,3)22-14-18-13-19-15-23(27(4,5)6)25(29(10,11)12)17-21(19)20(18)16-24(22)28(7,8)9;1-3-7-20-14-16(9-11-18(20)5-1)13-17-10-12-19-6-2-4-8-21(19)15-17;1-2-4-5-3-1;;;/h14,16-17H,13H2,1-12H3;1-12,14-15H;1-5H;2*1H;/q-1;;-1;;;+2/p-2. The minimum Gasteiger partial charge on any atom is -0.214 e. The quantitative estimate of drug-likeness (QED) is 0.120. The Hall–Kier alpha value is -3.49. The zero-order valence-electron chi connectivity index (χ0n) is 36.7. The van der Waals surface area contributed by atoms with Crippen LogP contribution in [-0.2, 0) is 52.0 Å². The first-order chi connectivity index (χ1) is 26.2. The molecule has 300 valence electrons. The smallest absolute Gasteiger partial charge is 0.172 e. The molecule has 7 aromatic rings. The second-order valence-electron chi connectivity index (χ2n) is 19.6. The fraction of sp³-hybridized carbons (Fsp3) is 0.309. The summed E-state index contributed by atoms with van der Waals surface area (Å²) in [5.41, 5.74) is 14.6. The van der Waals surface area contributed by atoms with E-state index in [9.17, 15) is 0 Å². The number of fused-ring (bicyclic) bond motifs is 5. The fourth-order valence-electron chi connectivity index (χ4n) is 7.80. The fourth-order valence-corrected chi connectivity index (χ4v) is 8.92. The molecule has 0 heterocycles. The van der Waals surface area contributed by atoms with Crippen molar-refractivity contribution in [2.45, 2.75) is 111 Å². The summed E-state index contributed by atoms with van der Waals surface area (Å²) in [5, 5.41) is 5.24. The summed E-state index contributed by atoms with van der Waals surface area (Å²) in [5.74, 6) is 0. The molecule has 0 saturated carbocycles. The van der Waals surface area contributed by atoms with E-state index in [1.165, 1.54) is 80.4 Å². The molecule has 1 aliphatic rings. The third-order valence-corrected chi connectivity index (χ3v) is 12.9. The Morgan fingerprint density at radius 3 is 1.33 bits per heavy atom. The van der Waals surface area contributed by atoms with Gasteiger partial charge in [0.2, 0.25) is 0 Å². The second kappa shape index (κ2) is 18.4. The van der Waals surface area contributed by atoms with Crippen LogP contribution < -0.4 is 24.8 Å². The van der Waals surface area contributed by atoms with Crippen molar-refractivity contribution >= 4 is 24.8 Å². The number of hydrogen-bond donors (Lipinski definition) is 0. The Balaban J connectivity index is 0.000000227. The third-order valence-electron chi connectivity index (χ3n) is 10.9. The first kappa shape index (κ1) is 47.2. The van der Waals surface area contributed by atoms with Crippen molar-refractivity contribution in [1.82, 2.24) is 0 Å². The molecule has 1 aliphatic carbocycles. The van der Waals surface area contributed by atoms with Gasteiger partial charge in [-0.25, -0.2) is 12.1 Å². The van der Waals surface area contributed by atoms with Crippen LogP contribution in [0.1, 0.15) is 128 Å². The van der Waals surface area contributed by atoms with Gasteiger partial charge >= 0.3 is 145 Å². The SMILES string of the molecule is CC(C)(C)c1[c-]c2c(cc1C(C)(C)C)-c1cc(C(C)(C)C)c(C(C)(C)C)cc1C2.[Cl-].[Cl-].[Hf+2]=[C](c1ccc2ccccc2c1)c1ccc2ccccc2c1.c1cc[cH-]c1. The number of hydrogen-bond acceptors (Lipinski definition) is 0. The molecule has 0 atom stereocenters. The predicted octanol–water partition coefficient (Wildman–Crippen LogP) is 8.77. The van der Waals surface area contributed by atoms with Crippen molar-refractivity contribution in [1.29, 1.82) is 0 Å². The number of rotatable bonds is 2. The van der Waals surface area contributed by atoms with Crippen LogP contribution in [0, 0.1) is 6.07 Å². The molecule has 3 heteroatoms. The molecule has 0 aliphatic heterocycles. The predicted molar refractivity (Wildman–Crippen MR) is 241 cm³/mol. The van der Waals surface area contributed by atoms with Crippen molar-refractivity contribution < 1.29 is 48.7 Å². The van der Waals surface area contributed by atoms with Crippen molar-refractivity contribution in [3.05, 3.63) is 184 Å². The molecular formula is C55H60Cl2Hf-2. The molecule has 0 nitrogen and oxygen atoms in total. The topological polar surface area (TPSA) is 0 Å². The molecule has 0 unspecified atom stereocenters. The third kappa shape index (κ3) is 10.8. The van der Waals surface area contributed by atoms with Gasteiger partial charge in [-0.3, -0.25) is 0 Å². The first-order valence-electron chi connectivity index (χ1n) is 20.2. The monoisotopic (exact) mass is 970 g/mol. The van der Waals surface area contributed by atoms with Crippen LogP contribution >= 0.6 is 0 Å². The molecule has 0 saturated heterocycles. The van der Waals surface area contributed by atoms with E-state index < -0.39 is 0 Å². The maximum atomic E-state index is 3.90. The van der Waals surface area contributed by atoms with Crippen LogP contribution in [0.2, 0.25) is 0 Å². The van der Waals surface area contributed by atoms with E-state index in [-0.39, 0.29) is 46.5 Å². The molecule has 0 radical (unpaired) electrons. The number of benzene rings is 6. The van der Waals surface area contributed by atoms with Gasteiger partial charge in [0.1, 0.15) is 0 Å². The summed E-state index contributed by atoms with van der Waals surface area (Å²) in [6.45, 7) is 28.0. The summed E-state index contributed by atoms with van der Waals surface area (Å²) in [6, 6.07) is 52.1. The molecule has 0 fully saturated rings. The molecule has 7 aromatic carbocycles. The van der Waals surface area contributed by atoms with Gasteiger partial charge in [-0.05, 0) is 39.4 Å². The molecule has 8 rings (SSSR count). The summed E-state index contributed by atoms with van der Waals surface area (Å²) in [4.78, 5) is 0. The number of halogens is 2. The van der Waals surface area contributed by atoms with Gasteiger partial charge in [0.15, 0.2) is 0 Å². The summed E-state index contributed by atoms with van der Waals surface area (Å²) >= 11 is 1.03. The molecule has 0 spiro atoms. The Bertz CT molecular complexity index is 2310. The summed E-state index contributed by atoms with van der Waals surface area (Å²) < 4.78 is 1.46. The largest absolute Gasteiger partial charge is 0.214 e. The molecule has 0 bridgehead atoms. The van der Waals surface area contributed by atoms with E-state index in [1.54, 1.807) is 0 Å². The minimum absolute atomic E-state index is 0.